The number of rotatable bonds is 5. The molecule has 2 aromatic carbocycles. The predicted molar refractivity (Wildman–Crippen MR) is 134 cm³/mol. The van der Waals surface area contributed by atoms with Crippen LogP contribution >= 0.6 is 0 Å². The maximum absolute atomic E-state index is 14.0. The van der Waals surface area contributed by atoms with E-state index < -0.39 is 5.82 Å². The van der Waals surface area contributed by atoms with Crippen molar-refractivity contribution in [3.8, 4) is 0 Å². The van der Waals surface area contributed by atoms with Crippen LogP contribution in [0.1, 0.15) is 61.6 Å². The van der Waals surface area contributed by atoms with Crippen molar-refractivity contribution >= 4 is 23.2 Å². The lowest BCUT2D eigenvalue weighted by molar-refractivity contribution is 0.0857. The number of nitrogens with one attached hydrogen (secondary N) is 2. The van der Waals surface area contributed by atoms with Crippen LogP contribution in [0.25, 0.3) is 0 Å². The molecule has 0 saturated heterocycles. The van der Waals surface area contributed by atoms with Crippen molar-refractivity contribution in [3.63, 3.8) is 0 Å². The smallest absolute Gasteiger partial charge is 0.251 e. The Balaban J connectivity index is 1.21. The van der Waals surface area contributed by atoms with E-state index in [0.29, 0.717) is 17.9 Å². The van der Waals surface area contributed by atoms with Crippen LogP contribution in [0.3, 0.4) is 0 Å². The molecule has 2 aliphatic rings. The first-order chi connectivity index (χ1) is 17.4. The summed E-state index contributed by atoms with van der Waals surface area (Å²) in [5.41, 5.74) is 14.0. The third kappa shape index (κ3) is 3.67. The highest BCUT2D eigenvalue weighted by Gasteiger charge is 2.43. The molecule has 180 valence electrons. The van der Waals surface area contributed by atoms with Crippen molar-refractivity contribution in [1.29, 1.82) is 0 Å². The van der Waals surface area contributed by atoms with Crippen molar-refractivity contribution in [2.24, 2.45) is 0 Å². The van der Waals surface area contributed by atoms with Crippen LogP contribution in [0.2, 0.25) is 0 Å². The molecule has 6 rings (SSSR count). The van der Waals surface area contributed by atoms with Crippen LogP contribution in [0.15, 0.2) is 60.8 Å². The summed E-state index contributed by atoms with van der Waals surface area (Å²) in [6.07, 6.45) is 1.08. The van der Waals surface area contributed by atoms with Gasteiger partial charge < -0.3 is 21.1 Å². The Labute approximate surface area is 207 Å². The summed E-state index contributed by atoms with van der Waals surface area (Å²) >= 11 is 0. The Morgan fingerprint density at radius 1 is 1.03 bits per heavy atom. The topological polar surface area (TPSA) is 102 Å². The summed E-state index contributed by atoms with van der Waals surface area (Å²) in [5.74, 6) is 0.0804. The lowest BCUT2D eigenvalue weighted by Crippen LogP contribution is -2.24. The number of halogens is 1. The van der Waals surface area contributed by atoms with Crippen LogP contribution in [-0.4, -0.2) is 15.9 Å². The van der Waals surface area contributed by atoms with Gasteiger partial charge in [-0.05, 0) is 89.7 Å². The zero-order valence-electron chi connectivity index (χ0n) is 19.8. The average molecular weight is 482 g/mol. The van der Waals surface area contributed by atoms with Gasteiger partial charge in [0, 0.05) is 29.7 Å². The van der Waals surface area contributed by atoms with Crippen LogP contribution in [0, 0.1) is 19.7 Å². The molecule has 2 aromatic heterocycles. The van der Waals surface area contributed by atoms with Gasteiger partial charge in [0.05, 0.1) is 0 Å². The second kappa shape index (κ2) is 8.42. The van der Waals surface area contributed by atoms with Gasteiger partial charge in [0.2, 0.25) is 0 Å². The fraction of sp³-hybridized carbons (Fsp3) is 0.179. The van der Waals surface area contributed by atoms with Crippen molar-refractivity contribution < 1.29 is 13.9 Å². The summed E-state index contributed by atoms with van der Waals surface area (Å²) < 4.78 is 20.3. The Bertz CT molecular complexity index is 1510. The summed E-state index contributed by atoms with van der Waals surface area (Å²) in [6, 6.07) is 16.3. The van der Waals surface area contributed by atoms with Gasteiger partial charge >= 0.3 is 0 Å². The molecule has 0 saturated carbocycles. The molecule has 7 nitrogen and oxygen atoms in total. The Morgan fingerprint density at radius 3 is 2.53 bits per heavy atom. The molecule has 8 heteroatoms. The standard InChI is InChI=1S/C28H24FN5O2/c1-14-10-24(30)33-15(2)22(14)13-32-28(35)16-5-7-18-20(11-16)25-19-8-6-17(12-21(19)26(18)36-25)34-27-23(29)4-3-9-31-27/h3-12,25-26H,13H2,1-2H3,(H2,30,33)(H,31,34)(H,32,35). The second-order valence-corrected chi connectivity index (χ2v) is 9.15. The highest BCUT2D eigenvalue weighted by molar-refractivity contribution is 5.94. The molecule has 4 aromatic rings. The third-order valence-corrected chi connectivity index (χ3v) is 6.86. The molecular weight excluding hydrogens is 457 g/mol. The van der Waals surface area contributed by atoms with Crippen molar-refractivity contribution in [3.05, 3.63) is 111 Å². The van der Waals surface area contributed by atoms with Gasteiger partial charge in [-0.3, -0.25) is 4.79 Å². The van der Waals surface area contributed by atoms with Gasteiger partial charge in [-0.25, -0.2) is 14.4 Å². The zero-order valence-corrected chi connectivity index (χ0v) is 19.8. The first-order valence-corrected chi connectivity index (χ1v) is 11.7. The predicted octanol–water partition coefficient (Wildman–Crippen LogP) is 5.01. The highest BCUT2D eigenvalue weighted by Crippen LogP contribution is 2.54. The minimum Gasteiger partial charge on any atom is -0.384 e. The number of anilines is 3. The van der Waals surface area contributed by atoms with Gasteiger partial charge in [0.15, 0.2) is 11.6 Å². The lowest BCUT2D eigenvalue weighted by atomic mass is 9.85. The fourth-order valence-corrected chi connectivity index (χ4v) is 5.10. The maximum Gasteiger partial charge on any atom is 0.251 e. The second-order valence-electron chi connectivity index (χ2n) is 9.15. The van der Waals surface area contributed by atoms with E-state index in [0.717, 1.165) is 44.8 Å². The van der Waals surface area contributed by atoms with E-state index in [-0.39, 0.29) is 23.9 Å². The van der Waals surface area contributed by atoms with E-state index >= 15 is 0 Å². The quantitative estimate of drug-likeness (QED) is 0.370. The maximum atomic E-state index is 14.0. The summed E-state index contributed by atoms with van der Waals surface area (Å²) in [6.45, 7) is 4.22. The molecule has 2 aliphatic heterocycles. The van der Waals surface area contributed by atoms with E-state index in [1.165, 1.54) is 6.07 Å². The molecule has 4 N–H and O–H groups in total. The van der Waals surface area contributed by atoms with E-state index in [9.17, 15) is 9.18 Å². The molecule has 0 fully saturated rings. The molecule has 2 unspecified atom stereocenters. The number of pyridine rings is 2. The first kappa shape index (κ1) is 22.2. The number of benzene rings is 2. The summed E-state index contributed by atoms with van der Waals surface area (Å²) in [4.78, 5) is 21.3. The Hall–Kier alpha value is -4.30. The normalized spacial score (nSPS) is 17.0. The summed E-state index contributed by atoms with van der Waals surface area (Å²) in [5, 5.41) is 6.04. The molecule has 4 heterocycles. The lowest BCUT2D eigenvalue weighted by Gasteiger charge is -2.18. The number of ether oxygens (including phenoxy) is 1. The number of carbonyl (C=O) groups is 1. The summed E-state index contributed by atoms with van der Waals surface area (Å²) in [7, 11) is 0. The molecule has 2 bridgehead atoms. The number of hydrogen-bond donors (Lipinski definition) is 3. The number of hydrogen-bond acceptors (Lipinski definition) is 6. The van der Waals surface area contributed by atoms with E-state index in [1.54, 1.807) is 12.3 Å². The number of amides is 1. The van der Waals surface area contributed by atoms with Crippen molar-refractivity contribution in [1.82, 2.24) is 15.3 Å². The molecule has 2 atom stereocenters. The third-order valence-electron chi connectivity index (χ3n) is 6.86. The molecule has 1 amide bonds. The van der Waals surface area contributed by atoms with Crippen molar-refractivity contribution in [2.45, 2.75) is 32.6 Å². The number of nitrogen functional groups attached to an aromatic ring is 1. The van der Waals surface area contributed by atoms with Crippen LogP contribution in [0.4, 0.5) is 21.7 Å². The van der Waals surface area contributed by atoms with Crippen LogP contribution in [0.5, 0.6) is 0 Å². The van der Waals surface area contributed by atoms with Crippen molar-refractivity contribution in [2.75, 3.05) is 11.1 Å². The fourth-order valence-electron chi connectivity index (χ4n) is 5.10. The number of aryl methyl sites for hydroxylation is 2. The number of nitrogens with two attached hydrogens (primary N) is 1. The number of carbonyl (C=O) groups excluding carboxylic acids is 1. The highest BCUT2D eigenvalue weighted by atomic mass is 19.1. The zero-order chi connectivity index (χ0) is 25.0. The van der Waals surface area contributed by atoms with Gasteiger partial charge in [-0.1, -0.05) is 12.1 Å². The molecule has 36 heavy (non-hydrogen) atoms. The average Bonchev–Trinajstić information content (AvgIpc) is 3.41. The van der Waals surface area contributed by atoms with E-state index in [2.05, 4.69) is 20.6 Å². The Kier molecular flexibility index (Phi) is 5.19. The van der Waals surface area contributed by atoms with Gasteiger partial charge in [0.1, 0.15) is 18.0 Å². The molecule has 0 radical (unpaired) electrons. The van der Waals surface area contributed by atoms with E-state index in [4.69, 9.17) is 10.5 Å². The van der Waals surface area contributed by atoms with Gasteiger partial charge in [-0.15, -0.1) is 0 Å². The van der Waals surface area contributed by atoms with Crippen LogP contribution in [-0.2, 0) is 11.3 Å². The number of aromatic nitrogens is 2. The molecular formula is C28H24FN5O2. The first-order valence-electron chi connectivity index (χ1n) is 11.7. The SMILES string of the molecule is Cc1cc(N)nc(C)c1CNC(=O)c1ccc2c(c1)C1OC2c2cc(Nc3ncccc3F)ccc21. The van der Waals surface area contributed by atoms with Crippen LogP contribution < -0.4 is 16.4 Å². The molecule has 0 aliphatic carbocycles. The van der Waals surface area contributed by atoms with E-state index in [1.807, 2.05) is 56.3 Å². The van der Waals surface area contributed by atoms with Gasteiger partial charge in [0.25, 0.3) is 5.91 Å². The molecule has 0 spiro atoms. The minimum absolute atomic E-state index is 0.159. The number of fused-ring (bicyclic) bond motifs is 8. The minimum atomic E-state index is -0.412. The largest absolute Gasteiger partial charge is 0.384 e. The van der Waals surface area contributed by atoms with Gasteiger partial charge in [-0.2, -0.15) is 0 Å². The monoisotopic (exact) mass is 481 g/mol. The number of nitrogens with zero attached hydrogens (tertiary/aromatic N) is 2. The Morgan fingerprint density at radius 2 is 1.78 bits per heavy atom.